The van der Waals surface area contributed by atoms with Gasteiger partial charge in [0.2, 0.25) is 0 Å². The molecule has 2 aromatic carbocycles. The molecule has 2 heterocycles. The van der Waals surface area contributed by atoms with Crippen LogP contribution in [0.1, 0.15) is 21.8 Å². The molecule has 1 aromatic heterocycles. The van der Waals surface area contributed by atoms with Crippen LogP contribution in [-0.4, -0.2) is 47.0 Å². The van der Waals surface area contributed by atoms with Crippen LogP contribution in [-0.2, 0) is 6.54 Å². The first kappa shape index (κ1) is 15.8. The predicted octanol–water partition coefficient (Wildman–Crippen LogP) is 3.09. The highest BCUT2D eigenvalue weighted by Gasteiger charge is 2.24. The minimum atomic E-state index is -0.0401. The van der Waals surface area contributed by atoms with Crippen LogP contribution in [0.5, 0.6) is 0 Å². The first-order valence-corrected chi connectivity index (χ1v) is 8.62. The molecule has 0 bridgehead atoms. The highest BCUT2D eigenvalue weighted by molar-refractivity contribution is 5.92. The summed E-state index contributed by atoms with van der Waals surface area (Å²) in [6.07, 6.45) is 0. The van der Waals surface area contributed by atoms with Gasteiger partial charge in [-0.3, -0.25) is 9.69 Å². The minimum absolute atomic E-state index is 0.0401. The van der Waals surface area contributed by atoms with Crippen molar-refractivity contribution >= 4 is 16.7 Å². The van der Waals surface area contributed by atoms with Gasteiger partial charge in [0, 0.05) is 38.8 Å². The Morgan fingerprint density at radius 1 is 1.08 bits per heavy atom. The average molecular weight is 335 g/mol. The van der Waals surface area contributed by atoms with E-state index in [1.165, 1.54) is 16.3 Å². The normalized spacial score (nSPS) is 15.6. The fourth-order valence-electron chi connectivity index (χ4n) is 3.41. The number of piperazine rings is 1. The number of aryl methyl sites for hydroxylation is 1. The fraction of sp³-hybridized carbons (Fsp3) is 0.300. The van der Waals surface area contributed by atoms with Crippen LogP contribution < -0.4 is 0 Å². The molecule has 5 nitrogen and oxygen atoms in total. The zero-order valence-electron chi connectivity index (χ0n) is 14.3. The van der Waals surface area contributed by atoms with Gasteiger partial charge >= 0.3 is 0 Å². The summed E-state index contributed by atoms with van der Waals surface area (Å²) in [7, 11) is 0. The Bertz CT molecular complexity index is 889. The van der Waals surface area contributed by atoms with E-state index in [9.17, 15) is 4.79 Å². The van der Waals surface area contributed by atoms with E-state index in [1.54, 1.807) is 13.0 Å². The molecule has 0 N–H and O–H groups in total. The lowest BCUT2D eigenvalue weighted by atomic mass is 10.0. The lowest BCUT2D eigenvalue weighted by Gasteiger charge is -2.34. The molecular weight excluding hydrogens is 314 g/mol. The molecule has 25 heavy (non-hydrogen) atoms. The zero-order valence-corrected chi connectivity index (χ0v) is 14.3. The van der Waals surface area contributed by atoms with Gasteiger partial charge in [-0.15, -0.1) is 0 Å². The Morgan fingerprint density at radius 3 is 2.60 bits per heavy atom. The van der Waals surface area contributed by atoms with Crippen molar-refractivity contribution in [1.82, 2.24) is 15.0 Å². The third-order valence-electron chi connectivity index (χ3n) is 4.78. The predicted molar refractivity (Wildman–Crippen MR) is 96.4 cm³/mol. The highest BCUT2D eigenvalue weighted by Crippen LogP contribution is 2.20. The van der Waals surface area contributed by atoms with E-state index in [1.807, 2.05) is 4.90 Å². The van der Waals surface area contributed by atoms with Gasteiger partial charge in [-0.1, -0.05) is 47.6 Å². The van der Waals surface area contributed by atoms with Crippen molar-refractivity contribution < 1.29 is 9.32 Å². The number of amides is 1. The molecule has 128 valence electrons. The van der Waals surface area contributed by atoms with Gasteiger partial charge in [-0.2, -0.15) is 0 Å². The van der Waals surface area contributed by atoms with Gasteiger partial charge in [0.1, 0.15) is 5.76 Å². The van der Waals surface area contributed by atoms with E-state index < -0.39 is 0 Å². The molecule has 1 aliphatic rings. The molecule has 5 heteroatoms. The van der Waals surface area contributed by atoms with E-state index in [0.29, 0.717) is 11.5 Å². The minimum Gasteiger partial charge on any atom is -0.361 e. The van der Waals surface area contributed by atoms with Crippen LogP contribution in [0.25, 0.3) is 10.8 Å². The van der Waals surface area contributed by atoms with Crippen molar-refractivity contribution in [2.24, 2.45) is 0 Å². The summed E-state index contributed by atoms with van der Waals surface area (Å²) in [5, 5.41) is 6.41. The molecule has 1 amide bonds. The number of aromatic nitrogens is 1. The quantitative estimate of drug-likeness (QED) is 0.738. The number of fused-ring (bicyclic) bond motifs is 1. The molecule has 0 aliphatic carbocycles. The van der Waals surface area contributed by atoms with Crippen molar-refractivity contribution in [1.29, 1.82) is 0 Å². The number of rotatable bonds is 3. The summed E-state index contributed by atoms with van der Waals surface area (Å²) in [6.45, 7) is 5.88. The summed E-state index contributed by atoms with van der Waals surface area (Å²) in [4.78, 5) is 16.7. The van der Waals surface area contributed by atoms with Gasteiger partial charge < -0.3 is 9.42 Å². The Morgan fingerprint density at radius 2 is 1.84 bits per heavy atom. The molecule has 0 unspecified atom stereocenters. The maximum Gasteiger partial charge on any atom is 0.276 e. The van der Waals surface area contributed by atoms with Crippen LogP contribution >= 0.6 is 0 Å². The van der Waals surface area contributed by atoms with E-state index in [4.69, 9.17) is 4.52 Å². The lowest BCUT2D eigenvalue weighted by Crippen LogP contribution is -2.48. The van der Waals surface area contributed by atoms with Gasteiger partial charge in [-0.25, -0.2) is 0 Å². The first-order valence-electron chi connectivity index (χ1n) is 8.62. The van der Waals surface area contributed by atoms with E-state index in [-0.39, 0.29) is 5.91 Å². The third-order valence-corrected chi connectivity index (χ3v) is 4.78. The van der Waals surface area contributed by atoms with Crippen molar-refractivity contribution in [3.05, 3.63) is 65.5 Å². The molecule has 1 aliphatic heterocycles. The van der Waals surface area contributed by atoms with Crippen LogP contribution in [0.15, 0.2) is 53.1 Å². The summed E-state index contributed by atoms with van der Waals surface area (Å²) < 4.78 is 5.01. The van der Waals surface area contributed by atoms with Gasteiger partial charge in [0.25, 0.3) is 5.91 Å². The Hall–Kier alpha value is -2.66. The number of nitrogens with zero attached hydrogens (tertiary/aromatic N) is 3. The Kier molecular flexibility index (Phi) is 4.24. The van der Waals surface area contributed by atoms with Crippen molar-refractivity contribution in [2.75, 3.05) is 26.2 Å². The van der Waals surface area contributed by atoms with Crippen LogP contribution in [0.4, 0.5) is 0 Å². The molecule has 0 radical (unpaired) electrons. The van der Waals surface area contributed by atoms with Crippen molar-refractivity contribution in [3.8, 4) is 0 Å². The molecule has 0 saturated carbocycles. The number of carbonyl (C=O) groups is 1. The molecule has 1 saturated heterocycles. The number of benzene rings is 2. The van der Waals surface area contributed by atoms with Crippen LogP contribution in [0.2, 0.25) is 0 Å². The monoisotopic (exact) mass is 335 g/mol. The zero-order chi connectivity index (χ0) is 17.2. The molecular formula is C20H21N3O2. The standard InChI is InChI=1S/C20H21N3O2/c1-15-13-19(21-25-15)20(24)23-11-9-22(10-12-23)14-17-7-4-6-16-5-2-3-8-18(16)17/h2-8,13H,9-12,14H2,1H3. The van der Waals surface area contributed by atoms with E-state index in [2.05, 4.69) is 52.5 Å². The smallest absolute Gasteiger partial charge is 0.276 e. The molecule has 3 aromatic rings. The lowest BCUT2D eigenvalue weighted by molar-refractivity contribution is 0.0619. The van der Waals surface area contributed by atoms with Gasteiger partial charge in [0.15, 0.2) is 5.69 Å². The maximum absolute atomic E-state index is 12.4. The van der Waals surface area contributed by atoms with Crippen molar-refractivity contribution in [3.63, 3.8) is 0 Å². The first-order chi connectivity index (χ1) is 12.2. The maximum atomic E-state index is 12.4. The summed E-state index contributed by atoms with van der Waals surface area (Å²) >= 11 is 0. The number of hydrogen-bond acceptors (Lipinski definition) is 4. The van der Waals surface area contributed by atoms with E-state index >= 15 is 0 Å². The van der Waals surface area contributed by atoms with Crippen molar-refractivity contribution in [2.45, 2.75) is 13.5 Å². The molecule has 0 atom stereocenters. The fourth-order valence-corrected chi connectivity index (χ4v) is 3.41. The van der Waals surface area contributed by atoms with Crippen LogP contribution in [0.3, 0.4) is 0 Å². The van der Waals surface area contributed by atoms with E-state index in [0.717, 1.165) is 32.7 Å². The Balaban J connectivity index is 1.41. The molecule has 1 fully saturated rings. The van der Waals surface area contributed by atoms with Gasteiger partial charge in [0.05, 0.1) is 0 Å². The number of carbonyl (C=O) groups excluding carboxylic acids is 1. The SMILES string of the molecule is Cc1cc(C(=O)N2CCN(Cc3cccc4ccccc34)CC2)no1. The third kappa shape index (κ3) is 3.28. The second-order valence-corrected chi connectivity index (χ2v) is 6.53. The summed E-state index contributed by atoms with van der Waals surface area (Å²) in [5.74, 6) is 0.625. The van der Waals surface area contributed by atoms with Crippen LogP contribution in [0, 0.1) is 6.92 Å². The summed E-state index contributed by atoms with van der Waals surface area (Å²) in [6, 6.07) is 16.6. The Labute approximate surface area is 146 Å². The summed E-state index contributed by atoms with van der Waals surface area (Å²) in [5.41, 5.74) is 1.74. The highest BCUT2D eigenvalue weighted by atomic mass is 16.5. The topological polar surface area (TPSA) is 49.6 Å². The largest absolute Gasteiger partial charge is 0.361 e. The van der Waals surface area contributed by atoms with Gasteiger partial charge in [-0.05, 0) is 23.3 Å². The molecule has 4 rings (SSSR count). The molecule has 0 spiro atoms. The average Bonchev–Trinajstić information content (AvgIpc) is 3.08. The second kappa shape index (κ2) is 6.69. The number of hydrogen-bond donors (Lipinski definition) is 0. The second-order valence-electron chi connectivity index (χ2n) is 6.53.